The maximum atomic E-state index is 13.6. The Morgan fingerprint density at radius 2 is 1.59 bits per heavy atom. The zero-order chi connectivity index (χ0) is 22.2. The van der Waals surface area contributed by atoms with Gasteiger partial charge >= 0.3 is 5.69 Å². The highest BCUT2D eigenvalue weighted by Gasteiger charge is 2.42. The summed E-state index contributed by atoms with van der Waals surface area (Å²) in [5.41, 5.74) is 2.84. The van der Waals surface area contributed by atoms with Crippen molar-refractivity contribution in [2.45, 2.75) is 38.3 Å². The van der Waals surface area contributed by atoms with E-state index in [1.54, 1.807) is 22.8 Å². The fraction of sp³-hybridized carbons (Fsp3) is 0.222. The van der Waals surface area contributed by atoms with E-state index in [9.17, 15) is 14.4 Å². The molecule has 1 fully saturated rings. The lowest BCUT2D eigenvalue weighted by Gasteiger charge is -2.15. The van der Waals surface area contributed by atoms with Crippen molar-refractivity contribution in [1.29, 1.82) is 0 Å². The Balaban J connectivity index is 1.58. The molecule has 0 aliphatic heterocycles. The monoisotopic (exact) mass is 424 g/mol. The molecular weight excluding hydrogens is 400 g/mol. The second-order valence-corrected chi connectivity index (χ2v) is 8.35. The van der Waals surface area contributed by atoms with Crippen LogP contribution in [0.5, 0.6) is 0 Å². The van der Waals surface area contributed by atoms with E-state index >= 15 is 0 Å². The zero-order valence-electron chi connectivity index (χ0n) is 17.9. The Kier molecular flexibility index (Phi) is 5.10. The van der Waals surface area contributed by atoms with Crippen molar-refractivity contribution in [3.05, 3.63) is 116 Å². The molecule has 0 radical (unpaired) electrons. The second-order valence-electron chi connectivity index (χ2n) is 8.35. The van der Waals surface area contributed by atoms with Crippen LogP contribution in [0.4, 0.5) is 0 Å². The van der Waals surface area contributed by atoms with Gasteiger partial charge in [0.05, 0.1) is 17.4 Å². The summed E-state index contributed by atoms with van der Waals surface area (Å²) in [4.78, 5) is 38.8. The molecule has 0 spiro atoms. The number of para-hydroxylation sites is 1. The molecule has 1 aliphatic rings. The van der Waals surface area contributed by atoms with Gasteiger partial charge in [0.15, 0.2) is 5.78 Å². The summed E-state index contributed by atoms with van der Waals surface area (Å²) in [7, 11) is 0. The SMILES string of the molecule is CCC(=O)c1ccc(Cn2c(=O)n(C3CC3c3ccccc3)c(=O)c3ccccc32)cc1. The largest absolute Gasteiger partial charge is 0.332 e. The van der Waals surface area contributed by atoms with Crippen molar-refractivity contribution in [3.8, 4) is 0 Å². The molecule has 160 valence electrons. The number of hydrogen-bond donors (Lipinski definition) is 0. The van der Waals surface area contributed by atoms with E-state index < -0.39 is 0 Å². The van der Waals surface area contributed by atoms with E-state index in [1.807, 2.05) is 55.5 Å². The van der Waals surface area contributed by atoms with E-state index in [1.165, 1.54) is 4.57 Å². The summed E-state index contributed by atoms with van der Waals surface area (Å²) >= 11 is 0. The number of fused-ring (bicyclic) bond motifs is 1. The highest BCUT2D eigenvalue weighted by atomic mass is 16.2. The smallest absolute Gasteiger partial charge is 0.294 e. The molecule has 0 amide bonds. The summed E-state index contributed by atoms with van der Waals surface area (Å²) in [6.07, 6.45) is 1.24. The van der Waals surface area contributed by atoms with Gasteiger partial charge in [0, 0.05) is 23.9 Å². The molecule has 1 aliphatic carbocycles. The number of ketones is 1. The average Bonchev–Trinajstić information content (AvgIpc) is 3.63. The average molecular weight is 425 g/mol. The quantitative estimate of drug-likeness (QED) is 0.427. The Labute approximate surface area is 185 Å². The summed E-state index contributed by atoms with van der Waals surface area (Å²) in [6, 6.07) is 24.5. The number of aromatic nitrogens is 2. The van der Waals surface area contributed by atoms with Crippen LogP contribution in [-0.4, -0.2) is 14.9 Å². The van der Waals surface area contributed by atoms with E-state index in [0.29, 0.717) is 29.4 Å². The first kappa shape index (κ1) is 20.2. The second kappa shape index (κ2) is 8.08. The maximum absolute atomic E-state index is 13.6. The van der Waals surface area contributed by atoms with E-state index in [4.69, 9.17) is 0 Å². The van der Waals surface area contributed by atoms with Crippen molar-refractivity contribution in [2.24, 2.45) is 0 Å². The number of rotatable bonds is 6. The number of nitrogens with zero attached hydrogens (tertiary/aromatic N) is 2. The van der Waals surface area contributed by atoms with Gasteiger partial charge < -0.3 is 0 Å². The standard InChI is InChI=1S/C27H24N2O3/c1-2-25(30)20-14-12-18(13-15-20)17-28-23-11-7-6-10-21(23)26(31)29(27(28)32)24-16-22(24)19-8-4-3-5-9-19/h3-15,22,24H,2,16-17H2,1H3. The summed E-state index contributed by atoms with van der Waals surface area (Å²) in [5, 5.41) is 0.545. The fourth-order valence-electron chi connectivity index (χ4n) is 4.49. The minimum atomic E-state index is -0.286. The third kappa shape index (κ3) is 3.50. The lowest BCUT2D eigenvalue weighted by atomic mass is 10.1. The van der Waals surface area contributed by atoms with Gasteiger partial charge in [-0.3, -0.25) is 18.7 Å². The van der Waals surface area contributed by atoms with Crippen LogP contribution in [0.3, 0.4) is 0 Å². The van der Waals surface area contributed by atoms with E-state index in [-0.39, 0.29) is 29.0 Å². The molecule has 32 heavy (non-hydrogen) atoms. The van der Waals surface area contributed by atoms with Crippen LogP contribution in [-0.2, 0) is 6.54 Å². The third-order valence-electron chi connectivity index (χ3n) is 6.33. The molecule has 2 atom stereocenters. The molecule has 1 aromatic heterocycles. The van der Waals surface area contributed by atoms with Crippen LogP contribution in [0.15, 0.2) is 88.5 Å². The number of carbonyl (C=O) groups excluding carboxylic acids is 1. The van der Waals surface area contributed by atoms with Gasteiger partial charge in [0.25, 0.3) is 5.56 Å². The number of Topliss-reactive ketones (excluding diaryl/α,β-unsaturated/α-hetero) is 1. The van der Waals surface area contributed by atoms with Crippen molar-refractivity contribution >= 4 is 16.7 Å². The van der Waals surface area contributed by atoms with Crippen LogP contribution < -0.4 is 11.2 Å². The Hall–Kier alpha value is -3.73. The topological polar surface area (TPSA) is 61.1 Å². The highest BCUT2D eigenvalue weighted by Crippen LogP contribution is 2.50. The molecule has 4 aromatic rings. The molecule has 5 rings (SSSR count). The maximum Gasteiger partial charge on any atom is 0.332 e. The Morgan fingerprint density at radius 1 is 0.906 bits per heavy atom. The molecule has 5 heteroatoms. The fourth-order valence-corrected chi connectivity index (χ4v) is 4.49. The van der Waals surface area contributed by atoms with Crippen molar-refractivity contribution in [1.82, 2.24) is 9.13 Å². The molecule has 2 unspecified atom stereocenters. The molecule has 0 bridgehead atoms. The van der Waals surface area contributed by atoms with Crippen LogP contribution in [0.1, 0.15) is 53.2 Å². The molecular formula is C27H24N2O3. The predicted octanol–water partition coefficient (Wildman–Crippen LogP) is 4.53. The van der Waals surface area contributed by atoms with Gasteiger partial charge in [-0.15, -0.1) is 0 Å². The third-order valence-corrected chi connectivity index (χ3v) is 6.33. The summed E-state index contributed by atoms with van der Waals surface area (Å²) in [6.45, 7) is 2.18. The molecule has 1 heterocycles. The van der Waals surface area contributed by atoms with Crippen LogP contribution in [0.25, 0.3) is 10.9 Å². The van der Waals surface area contributed by atoms with Crippen LogP contribution in [0, 0.1) is 0 Å². The number of hydrogen-bond acceptors (Lipinski definition) is 3. The molecule has 0 N–H and O–H groups in total. The van der Waals surface area contributed by atoms with Crippen LogP contribution >= 0.6 is 0 Å². The summed E-state index contributed by atoms with van der Waals surface area (Å²) < 4.78 is 3.11. The minimum absolute atomic E-state index is 0.0911. The van der Waals surface area contributed by atoms with Gasteiger partial charge in [-0.2, -0.15) is 0 Å². The highest BCUT2D eigenvalue weighted by molar-refractivity contribution is 5.95. The van der Waals surface area contributed by atoms with Gasteiger partial charge in [0.2, 0.25) is 0 Å². The lowest BCUT2D eigenvalue weighted by Crippen LogP contribution is -2.40. The van der Waals surface area contributed by atoms with Crippen LogP contribution in [0.2, 0.25) is 0 Å². The Morgan fingerprint density at radius 3 is 2.31 bits per heavy atom. The zero-order valence-corrected chi connectivity index (χ0v) is 17.9. The molecule has 5 nitrogen and oxygen atoms in total. The minimum Gasteiger partial charge on any atom is -0.294 e. The van der Waals surface area contributed by atoms with Gasteiger partial charge in [-0.1, -0.05) is 73.7 Å². The van der Waals surface area contributed by atoms with Gasteiger partial charge in [0.1, 0.15) is 0 Å². The first-order valence-corrected chi connectivity index (χ1v) is 11.0. The lowest BCUT2D eigenvalue weighted by molar-refractivity contribution is 0.0988. The van der Waals surface area contributed by atoms with Crippen molar-refractivity contribution < 1.29 is 4.79 Å². The van der Waals surface area contributed by atoms with Gasteiger partial charge in [-0.25, -0.2) is 4.79 Å². The molecule has 3 aromatic carbocycles. The Bertz CT molecular complexity index is 1420. The number of benzene rings is 3. The first-order chi connectivity index (χ1) is 15.6. The van der Waals surface area contributed by atoms with Crippen molar-refractivity contribution in [3.63, 3.8) is 0 Å². The van der Waals surface area contributed by atoms with Crippen molar-refractivity contribution in [2.75, 3.05) is 0 Å². The van der Waals surface area contributed by atoms with E-state index in [0.717, 1.165) is 17.5 Å². The first-order valence-electron chi connectivity index (χ1n) is 11.0. The molecule has 1 saturated carbocycles. The summed E-state index contributed by atoms with van der Waals surface area (Å²) in [5.74, 6) is 0.268. The van der Waals surface area contributed by atoms with Gasteiger partial charge in [-0.05, 0) is 29.7 Å². The molecule has 0 saturated heterocycles. The normalized spacial score (nSPS) is 17.4. The predicted molar refractivity (Wildman–Crippen MR) is 125 cm³/mol. The van der Waals surface area contributed by atoms with E-state index in [2.05, 4.69) is 12.1 Å². The number of carbonyl (C=O) groups is 1.